The Hall–Kier alpha value is -0.650. The Labute approximate surface area is 247 Å². The van der Waals surface area contributed by atoms with Crippen LogP contribution in [0.5, 0.6) is 0 Å². The lowest BCUT2D eigenvalue weighted by Gasteiger charge is -2.14. The van der Waals surface area contributed by atoms with Gasteiger partial charge in [0.2, 0.25) is 0 Å². The van der Waals surface area contributed by atoms with E-state index in [1.807, 2.05) is 27.7 Å². The monoisotopic (exact) mass is 562 g/mol. The second-order valence-electron chi connectivity index (χ2n) is 9.91. The number of rotatable bonds is 28. The summed E-state index contributed by atoms with van der Waals surface area (Å²) >= 11 is 0. The van der Waals surface area contributed by atoms with Gasteiger partial charge in [0, 0.05) is 20.3 Å². The molecule has 1 atom stereocenters. The molecular weight excluding hydrogens is 486 g/mol. The summed E-state index contributed by atoms with van der Waals surface area (Å²) < 4.78 is 10.2. The molecule has 0 spiro atoms. The standard InChI is InChI=1S/C19H38O2.C11H25NO2.2C2H6/c1-3-5-7-9-10-11-12-13-15-17-19(21-18-20)16-14-8-6-4-2;1-14-11-7-5-3-2-4-6-8-12-9-10-13;2*1-2/h18-19H,3-17H2,1-2H3;12-13H,2-11H2,1H3;2*1-2H3. The number of hydrogen-bond acceptors (Lipinski definition) is 5. The van der Waals surface area contributed by atoms with Crippen LogP contribution in [-0.2, 0) is 14.3 Å². The fourth-order valence-electron chi connectivity index (χ4n) is 4.25. The quantitative estimate of drug-likeness (QED) is 0.0734. The molecule has 0 aliphatic rings. The van der Waals surface area contributed by atoms with E-state index in [-0.39, 0.29) is 12.7 Å². The molecule has 0 rings (SSSR count). The number of carbonyl (C=O) groups excluding carboxylic acids is 1. The van der Waals surface area contributed by atoms with Crippen molar-refractivity contribution in [3.05, 3.63) is 0 Å². The van der Waals surface area contributed by atoms with Crippen molar-refractivity contribution < 1.29 is 19.4 Å². The van der Waals surface area contributed by atoms with Gasteiger partial charge in [0.1, 0.15) is 6.10 Å². The van der Waals surface area contributed by atoms with Crippen LogP contribution in [0.15, 0.2) is 0 Å². The molecule has 0 radical (unpaired) electrons. The van der Waals surface area contributed by atoms with Gasteiger partial charge in [-0.15, -0.1) is 0 Å². The Kier molecular flexibility index (Phi) is 58.4. The van der Waals surface area contributed by atoms with E-state index in [1.165, 1.54) is 122 Å². The summed E-state index contributed by atoms with van der Waals surface area (Å²) in [6, 6.07) is 0. The summed E-state index contributed by atoms with van der Waals surface area (Å²) in [5, 5.41) is 11.7. The third-order valence-corrected chi connectivity index (χ3v) is 6.50. The van der Waals surface area contributed by atoms with Crippen molar-refractivity contribution in [3.8, 4) is 0 Å². The Bertz CT molecular complexity index is 357. The van der Waals surface area contributed by atoms with Crippen LogP contribution in [0.1, 0.15) is 176 Å². The van der Waals surface area contributed by atoms with Gasteiger partial charge >= 0.3 is 0 Å². The maximum absolute atomic E-state index is 10.5. The maximum atomic E-state index is 10.5. The average molecular weight is 562 g/mol. The molecule has 5 heteroatoms. The fraction of sp³-hybridized carbons (Fsp3) is 0.971. The minimum atomic E-state index is 0.170. The van der Waals surface area contributed by atoms with Gasteiger partial charge in [0.15, 0.2) is 0 Å². The van der Waals surface area contributed by atoms with E-state index in [1.54, 1.807) is 7.11 Å². The zero-order valence-electron chi connectivity index (χ0n) is 28.0. The van der Waals surface area contributed by atoms with Gasteiger partial charge in [-0.3, -0.25) is 4.79 Å². The van der Waals surface area contributed by atoms with Gasteiger partial charge in [-0.2, -0.15) is 0 Å². The van der Waals surface area contributed by atoms with Gasteiger partial charge in [0.05, 0.1) is 6.61 Å². The predicted octanol–water partition coefficient (Wildman–Crippen LogP) is 10.0. The van der Waals surface area contributed by atoms with E-state index >= 15 is 0 Å². The van der Waals surface area contributed by atoms with Crippen molar-refractivity contribution in [2.24, 2.45) is 0 Å². The molecule has 0 aliphatic heterocycles. The molecule has 0 saturated carbocycles. The van der Waals surface area contributed by atoms with Crippen LogP contribution in [0.4, 0.5) is 0 Å². The number of ether oxygens (including phenoxy) is 2. The van der Waals surface area contributed by atoms with Crippen LogP contribution in [0.2, 0.25) is 0 Å². The summed E-state index contributed by atoms with van der Waals surface area (Å²) in [6.45, 7) is 16.0. The molecule has 5 nitrogen and oxygen atoms in total. The largest absolute Gasteiger partial charge is 0.465 e. The highest BCUT2D eigenvalue weighted by molar-refractivity contribution is 5.37. The summed E-state index contributed by atoms with van der Waals surface area (Å²) in [4.78, 5) is 10.5. The third-order valence-electron chi connectivity index (χ3n) is 6.50. The maximum Gasteiger partial charge on any atom is 0.293 e. The van der Waals surface area contributed by atoms with Crippen LogP contribution in [0.3, 0.4) is 0 Å². The minimum absolute atomic E-state index is 0.170. The van der Waals surface area contributed by atoms with E-state index in [2.05, 4.69) is 19.2 Å². The van der Waals surface area contributed by atoms with Gasteiger partial charge in [0.25, 0.3) is 6.47 Å². The van der Waals surface area contributed by atoms with Crippen LogP contribution >= 0.6 is 0 Å². The van der Waals surface area contributed by atoms with E-state index in [0.29, 0.717) is 6.47 Å². The molecule has 0 aliphatic carbocycles. The van der Waals surface area contributed by atoms with Crippen molar-refractivity contribution in [1.82, 2.24) is 5.32 Å². The smallest absolute Gasteiger partial charge is 0.293 e. The number of aliphatic hydroxyl groups excluding tert-OH is 1. The fourth-order valence-corrected chi connectivity index (χ4v) is 4.25. The summed E-state index contributed by atoms with van der Waals surface area (Å²) in [7, 11) is 1.76. The van der Waals surface area contributed by atoms with E-state index < -0.39 is 0 Å². The molecule has 1 unspecified atom stereocenters. The first kappa shape index (κ1) is 45.3. The zero-order valence-corrected chi connectivity index (χ0v) is 28.0. The van der Waals surface area contributed by atoms with Crippen LogP contribution in [0, 0.1) is 0 Å². The van der Waals surface area contributed by atoms with Crippen molar-refractivity contribution in [2.75, 3.05) is 33.4 Å². The van der Waals surface area contributed by atoms with Crippen molar-refractivity contribution in [3.63, 3.8) is 0 Å². The number of nitrogens with one attached hydrogen (secondary N) is 1. The molecule has 0 bridgehead atoms. The average Bonchev–Trinajstić information content (AvgIpc) is 2.98. The third kappa shape index (κ3) is 50.7. The first-order chi connectivity index (χ1) is 19.3. The van der Waals surface area contributed by atoms with Crippen LogP contribution in [-0.4, -0.2) is 51.1 Å². The molecule has 2 N–H and O–H groups in total. The normalized spacial score (nSPS) is 10.8. The molecule has 0 heterocycles. The lowest BCUT2D eigenvalue weighted by molar-refractivity contribution is -0.134. The van der Waals surface area contributed by atoms with E-state index in [4.69, 9.17) is 14.6 Å². The summed E-state index contributed by atoms with van der Waals surface area (Å²) in [5.41, 5.74) is 0. The number of aliphatic hydroxyl groups is 1. The zero-order chi connectivity index (χ0) is 30.1. The Morgan fingerprint density at radius 1 is 0.615 bits per heavy atom. The van der Waals surface area contributed by atoms with Crippen molar-refractivity contribution in [2.45, 2.75) is 182 Å². The summed E-state index contributed by atoms with van der Waals surface area (Å²) in [5.74, 6) is 0. The number of unbranched alkanes of at least 4 members (excludes halogenated alkanes) is 16. The molecule has 0 aromatic heterocycles. The second kappa shape index (κ2) is 50.2. The minimum Gasteiger partial charge on any atom is -0.465 e. The van der Waals surface area contributed by atoms with E-state index in [0.717, 1.165) is 32.5 Å². The van der Waals surface area contributed by atoms with Crippen molar-refractivity contribution in [1.29, 1.82) is 0 Å². The summed E-state index contributed by atoms with van der Waals surface area (Å²) in [6.07, 6.45) is 27.1. The molecule has 0 aromatic rings. The number of carbonyl (C=O) groups is 1. The second-order valence-corrected chi connectivity index (χ2v) is 9.91. The Balaban J connectivity index is -0.000000295. The molecule has 0 amide bonds. The topological polar surface area (TPSA) is 67.8 Å². The highest BCUT2D eigenvalue weighted by Gasteiger charge is 2.08. The lowest BCUT2D eigenvalue weighted by atomic mass is 10.0. The lowest BCUT2D eigenvalue weighted by Crippen LogP contribution is -2.19. The van der Waals surface area contributed by atoms with Crippen LogP contribution < -0.4 is 5.32 Å². The van der Waals surface area contributed by atoms with Gasteiger partial charge in [-0.05, 0) is 45.1 Å². The Morgan fingerprint density at radius 2 is 1.03 bits per heavy atom. The Morgan fingerprint density at radius 3 is 1.46 bits per heavy atom. The molecule has 0 fully saturated rings. The van der Waals surface area contributed by atoms with Gasteiger partial charge in [-0.25, -0.2) is 0 Å². The molecule has 0 aromatic carbocycles. The van der Waals surface area contributed by atoms with Gasteiger partial charge < -0.3 is 19.9 Å². The molecule has 0 saturated heterocycles. The molecular formula is C34H75NO4. The number of methoxy groups -OCH3 is 1. The van der Waals surface area contributed by atoms with E-state index in [9.17, 15) is 4.79 Å². The highest BCUT2D eigenvalue weighted by atomic mass is 16.5. The first-order valence-electron chi connectivity index (χ1n) is 17.2. The number of hydrogen-bond donors (Lipinski definition) is 2. The van der Waals surface area contributed by atoms with Crippen LogP contribution in [0.25, 0.3) is 0 Å². The molecule has 240 valence electrons. The predicted molar refractivity (Wildman–Crippen MR) is 174 cm³/mol. The van der Waals surface area contributed by atoms with Gasteiger partial charge in [-0.1, -0.05) is 138 Å². The highest BCUT2D eigenvalue weighted by Crippen LogP contribution is 2.16. The SMILES string of the molecule is CC.CC.CCCCCCCCCCCC(CCCCCC)OC=O.COCCCCCCCCNCCO. The van der Waals surface area contributed by atoms with Crippen molar-refractivity contribution >= 4 is 6.47 Å². The first-order valence-corrected chi connectivity index (χ1v) is 17.2. The molecule has 39 heavy (non-hydrogen) atoms.